The Kier molecular flexibility index (Phi) is 9.76. The molecule has 27 heavy (non-hydrogen) atoms. The van der Waals surface area contributed by atoms with Gasteiger partial charge in [0.2, 0.25) is 15.9 Å². The van der Waals surface area contributed by atoms with Crippen molar-refractivity contribution in [2.45, 2.75) is 11.4 Å². The van der Waals surface area contributed by atoms with Crippen molar-refractivity contribution in [1.29, 1.82) is 0 Å². The van der Waals surface area contributed by atoms with Crippen molar-refractivity contribution >= 4 is 39.9 Å². The number of carbonyl (C=O) groups excluding carboxylic acids is 1. The number of rotatable bonds is 9. The number of benzene rings is 2. The van der Waals surface area contributed by atoms with E-state index < -0.39 is 10.0 Å². The van der Waals surface area contributed by atoms with Gasteiger partial charge in [-0.05, 0) is 36.9 Å². The summed E-state index contributed by atoms with van der Waals surface area (Å²) in [6, 6.07) is 15.1. The highest BCUT2D eigenvalue weighted by atomic mass is 35.5. The lowest BCUT2D eigenvalue weighted by atomic mass is 10.2. The molecule has 0 bridgehead atoms. The average Bonchev–Trinajstić information content (AvgIpc) is 2.62. The molecule has 0 spiro atoms. The van der Waals surface area contributed by atoms with Gasteiger partial charge in [0.05, 0.1) is 11.4 Å². The van der Waals surface area contributed by atoms with Gasteiger partial charge in [0.1, 0.15) is 0 Å². The highest BCUT2D eigenvalue weighted by Gasteiger charge is 2.26. The molecule has 6 nitrogen and oxygen atoms in total. The second kappa shape index (κ2) is 11.3. The van der Waals surface area contributed by atoms with Crippen molar-refractivity contribution in [3.8, 4) is 0 Å². The number of hydrogen-bond acceptors (Lipinski definition) is 4. The summed E-state index contributed by atoms with van der Waals surface area (Å²) in [5, 5.41) is 6.07. The Bertz CT molecular complexity index is 816. The fourth-order valence-electron chi connectivity index (χ4n) is 2.31. The Balaban J connectivity index is 0.00000364. The molecular weight excluding hydrogens is 409 g/mol. The molecule has 0 aliphatic heterocycles. The summed E-state index contributed by atoms with van der Waals surface area (Å²) >= 11 is 5.85. The summed E-state index contributed by atoms with van der Waals surface area (Å²) < 4.78 is 27.2. The summed E-state index contributed by atoms with van der Waals surface area (Å²) in [6.45, 7) is 0.874. The van der Waals surface area contributed by atoms with Crippen LogP contribution in [0.1, 0.15) is 5.56 Å². The van der Waals surface area contributed by atoms with Crippen LogP contribution in [0.2, 0.25) is 5.02 Å². The van der Waals surface area contributed by atoms with Gasteiger partial charge in [-0.25, -0.2) is 8.42 Å². The van der Waals surface area contributed by atoms with Gasteiger partial charge in [0.25, 0.3) is 0 Å². The van der Waals surface area contributed by atoms with Crippen molar-refractivity contribution < 1.29 is 13.2 Å². The van der Waals surface area contributed by atoms with E-state index in [1.807, 2.05) is 30.3 Å². The molecule has 0 saturated heterocycles. The number of nitrogens with zero attached hydrogens (tertiary/aromatic N) is 1. The maximum absolute atomic E-state index is 13.0. The number of sulfonamides is 1. The molecule has 9 heteroatoms. The molecule has 0 fully saturated rings. The van der Waals surface area contributed by atoms with Crippen LogP contribution in [0.5, 0.6) is 0 Å². The largest absolute Gasteiger partial charge is 0.354 e. The van der Waals surface area contributed by atoms with E-state index in [1.165, 1.54) is 28.6 Å². The van der Waals surface area contributed by atoms with Crippen LogP contribution in [0.25, 0.3) is 0 Å². The van der Waals surface area contributed by atoms with E-state index in [-0.39, 0.29) is 36.3 Å². The summed E-state index contributed by atoms with van der Waals surface area (Å²) in [6.07, 6.45) is 0. The molecule has 148 valence electrons. The monoisotopic (exact) mass is 431 g/mol. The molecule has 0 aliphatic rings. The Hall–Kier alpha value is -1.64. The van der Waals surface area contributed by atoms with Crippen LogP contribution in [0, 0.1) is 0 Å². The van der Waals surface area contributed by atoms with Crippen LogP contribution in [0.4, 0.5) is 0 Å². The van der Waals surface area contributed by atoms with Gasteiger partial charge in [-0.1, -0.05) is 41.9 Å². The number of amides is 1. The predicted octanol–water partition coefficient (Wildman–Crippen LogP) is 2.29. The topological polar surface area (TPSA) is 78.5 Å². The zero-order valence-corrected chi connectivity index (χ0v) is 17.3. The minimum Gasteiger partial charge on any atom is -0.354 e. The molecule has 2 rings (SSSR count). The Morgan fingerprint density at radius 2 is 1.67 bits per heavy atom. The van der Waals surface area contributed by atoms with Gasteiger partial charge in [-0.2, -0.15) is 4.31 Å². The first kappa shape index (κ1) is 23.4. The van der Waals surface area contributed by atoms with Crippen LogP contribution >= 0.6 is 24.0 Å². The molecule has 2 aromatic rings. The van der Waals surface area contributed by atoms with Crippen LogP contribution in [0.15, 0.2) is 59.5 Å². The molecule has 0 atom stereocenters. The van der Waals surface area contributed by atoms with Crippen molar-refractivity contribution in [3.63, 3.8) is 0 Å². The Morgan fingerprint density at radius 1 is 1.04 bits per heavy atom. The molecule has 0 radical (unpaired) electrons. The standard InChI is InChI=1S/C18H22ClN3O3S.ClH/c1-20-11-12-21-18(23)14-22(13-15-5-3-2-4-6-15)26(24,25)17-9-7-16(19)8-10-17;/h2-10,20H,11-14H2,1H3,(H,21,23);1H. The van der Waals surface area contributed by atoms with Crippen molar-refractivity contribution in [3.05, 3.63) is 65.2 Å². The average molecular weight is 432 g/mol. The predicted molar refractivity (Wildman–Crippen MR) is 110 cm³/mol. The third-order valence-electron chi connectivity index (χ3n) is 3.67. The van der Waals surface area contributed by atoms with E-state index >= 15 is 0 Å². The summed E-state index contributed by atoms with van der Waals surface area (Å²) in [5.74, 6) is -0.353. The minimum atomic E-state index is -3.84. The van der Waals surface area contributed by atoms with E-state index in [9.17, 15) is 13.2 Å². The van der Waals surface area contributed by atoms with Gasteiger partial charge in [-0.3, -0.25) is 4.79 Å². The minimum absolute atomic E-state index is 0. The fourth-order valence-corrected chi connectivity index (χ4v) is 3.82. The molecular formula is C18H23Cl2N3O3S. The van der Waals surface area contributed by atoms with Gasteiger partial charge in [-0.15, -0.1) is 12.4 Å². The Morgan fingerprint density at radius 3 is 2.26 bits per heavy atom. The van der Waals surface area contributed by atoms with E-state index in [4.69, 9.17) is 11.6 Å². The molecule has 0 saturated carbocycles. The number of halogens is 2. The van der Waals surface area contributed by atoms with Crippen molar-refractivity contribution in [2.75, 3.05) is 26.7 Å². The number of hydrogen-bond donors (Lipinski definition) is 2. The zero-order valence-electron chi connectivity index (χ0n) is 14.9. The third-order valence-corrected chi connectivity index (χ3v) is 5.73. The summed E-state index contributed by atoms with van der Waals surface area (Å²) in [5.41, 5.74) is 0.799. The first-order valence-electron chi connectivity index (χ1n) is 8.14. The number of likely N-dealkylation sites (N-methyl/N-ethyl adjacent to an activating group) is 1. The maximum Gasteiger partial charge on any atom is 0.243 e. The molecule has 0 unspecified atom stereocenters. The van der Waals surface area contributed by atoms with E-state index in [2.05, 4.69) is 10.6 Å². The zero-order chi connectivity index (χ0) is 19.0. The lowest BCUT2D eigenvalue weighted by Gasteiger charge is -2.22. The van der Waals surface area contributed by atoms with Crippen molar-refractivity contribution in [1.82, 2.24) is 14.9 Å². The first-order chi connectivity index (χ1) is 12.4. The van der Waals surface area contributed by atoms with Gasteiger partial charge in [0.15, 0.2) is 0 Å². The van der Waals surface area contributed by atoms with E-state index in [0.717, 1.165) is 5.56 Å². The highest BCUT2D eigenvalue weighted by Crippen LogP contribution is 2.20. The Labute approximate surface area is 171 Å². The molecule has 0 aliphatic carbocycles. The number of nitrogens with one attached hydrogen (secondary N) is 2. The van der Waals surface area contributed by atoms with Gasteiger partial charge < -0.3 is 10.6 Å². The first-order valence-corrected chi connectivity index (χ1v) is 9.96. The van der Waals surface area contributed by atoms with Crippen LogP contribution < -0.4 is 10.6 Å². The normalized spacial score (nSPS) is 11.1. The molecule has 2 N–H and O–H groups in total. The van der Waals surface area contributed by atoms with Crippen LogP contribution in [-0.2, 0) is 21.4 Å². The second-order valence-corrected chi connectivity index (χ2v) is 8.04. The second-order valence-electron chi connectivity index (χ2n) is 5.67. The lowest BCUT2D eigenvalue weighted by Crippen LogP contribution is -2.41. The molecule has 0 aromatic heterocycles. The molecule has 1 amide bonds. The summed E-state index contributed by atoms with van der Waals surface area (Å²) in [4.78, 5) is 12.3. The van der Waals surface area contributed by atoms with Crippen LogP contribution in [-0.4, -0.2) is 45.3 Å². The maximum atomic E-state index is 13.0. The highest BCUT2D eigenvalue weighted by molar-refractivity contribution is 7.89. The third kappa shape index (κ3) is 7.12. The lowest BCUT2D eigenvalue weighted by molar-refractivity contribution is -0.121. The molecule has 0 heterocycles. The van der Waals surface area contributed by atoms with Gasteiger partial charge in [0, 0.05) is 24.7 Å². The quantitative estimate of drug-likeness (QED) is 0.596. The molecule has 2 aromatic carbocycles. The SMILES string of the molecule is CNCCNC(=O)CN(Cc1ccccc1)S(=O)(=O)c1ccc(Cl)cc1.Cl. The van der Waals surface area contributed by atoms with Crippen molar-refractivity contribution in [2.24, 2.45) is 0 Å². The smallest absolute Gasteiger partial charge is 0.243 e. The fraction of sp³-hybridized carbons (Fsp3) is 0.278. The summed E-state index contributed by atoms with van der Waals surface area (Å²) in [7, 11) is -2.07. The van der Waals surface area contributed by atoms with Gasteiger partial charge >= 0.3 is 0 Å². The van der Waals surface area contributed by atoms with Crippen LogP contribution in [0.3, 0.4) is 0 Å². The van der Waals surface area contributed by atoms with E-state index in [0.29, 0.717) is 18.1 Å². The van der Waals surface area contributed by atoms with E-state index in [1.54, 1.807) is 7.05 Å². The number of carbonyl (C=O) groups is 1.